The Hall–Kier alpha value is -2.40. The molecule has 0 saturated heterocycles. The van der Waals surface area contributed by atoms with Crippen LogP contribution in [-0.2, 0) is 10.2 Å². The maximum absolute atomic E-state index is 11.2. The van der Waals surface area contributed by atoms with E-state index in [1.165, 1.54) is 0 Å². The van der Waals surface area contributed by atoms with Crippen LogP contribution in [0.2, 0.25) is 0 Å². The largest absolute Gasteiger partial charge is 0.303 e. The van der Waals surface area contributed by atoms with Crippen molar-refractivity contribution < 1.29 is 4.79 Å². The average molecular weight is 263 g/mol. The highest BCUT2D eigenvalue weighted by atomic mass is 16.1. The van der Waals surface area contributed by atoms with E-state index >= 15 is 0 Å². The Morgan fingerprint density at radius 2 is 1.45 bits per heavy atom. The lowest BCUT2D eigenvalue weighted by atomic mass is 9.69. The SMILES string of the molecule is N#CCCC(CC=O)(c1ccccc1)c1ccccc1. The number of nitrogens with zero attached hydrogens (tertiary/aromatic N) is 1. The molecule has 2 rings (SSSR count). The maximum Gasteiger partial charge on any atom is 0.121 e. The van der Waals surface area contributed by atoms with Crippen LogP contribution in [0.3, 0.4) is 0 Å². The van der Waals surface area contributed by atoms with Crippen molar-refractivity contribution in [1.82, 2.24) is 0 Å². The molecule has 0 spiro atoms. The van der Waals surface area contributed by atoms with Crippen molar-refractivity contribution in [2.24, 2.45) is 0 Å². The Labute approximate surface area is 119 Å². The minimum absolute atomic E-state index is 0.392. The van der Waals surface area contributed by atoms with E-state index in [-0.39, 0.29) is 0 Å². The molecule has 2 aromatic carbocycles. The molecule has 0 atom stereocenters. The van der Waals surface area contributed by atoms with Crippen LogP contribution >= 0.6 is 0 Å². The summed E-state index contributed by atoms with van der Waals surface area (Å²) >= 11 is 0. The number of rotatable bonds is 6. The first-order chi connectivity index (χ1) is 9.83. The molecule has 0 unspecified atom stereocenters. The Kier molecular flexibility index (Phi) is 4.68. The molecule has 0 aliphatic heterocycles. The van der Waals surface area contributed by atoms with Gasteiger partial charge in [0.15, 0.2) is 0 Å². The molecule has 0 aromatic heterocycles. The highest BCUT2D eigenvalue weighted by Crippen LogP contribution is 2.39. The van der Waals surface area contributed by atoms with Gasteiger partial charge < -0.3 is 4.79 Å². The van der Waals surface area contributed by atoms with Crippen LogP contribution < -0.4 is 0 Å². The molecule has 0 fully saturated rings. The first-order valence-corrected chi connectivity index (χ1v) is 6.75. The van der Waals surface area contributed by atoms with Crippen LogP contribution in [-0.4, -0.2) is 6.29 Å². The van der Waals surface area contributed by atoms with Crippen molar-refractivity contribution in [1.29, 1.82) is 5.26 Å². The number of carbonyl (C=O) groups excluding carboxylic acids is 1. The lowest BCUT2D eigenvalue weighted by Gasteiger charge is -2.33. The lowest BCUT2D eigenvalue weighted by molar-refractivity contribution is -0.108. The number of hydrogen-bond donors (Lipinski definition) is 0. The van der Waals surface area contributed by atoms with Crippen molar-refractivity contribution in [3.05, 3.63) is 71.8 Å². The first kappa shape index (κ1) is 14.0. The molecular weight excluding hydrogens is 246 g/mol. The molecule has 0 N–H and O–H groups in total. The predicted octanol–water partition coefficient (Wildman–Crippen LogP) is 3.87. The smallest absolute Gasteiger partial charge is 0.121 e. The van der Waals surface area contributed by atoms with Crippen LogP contribution in [0.15, 0.2) is 60.7 Å². The van der Waals surface area contributed by atoms with E-state index in [9.17, 15) is 4.79 Å². The molecule has 0 heterocycles. The van der Waals surface area contributed by atoms with Gasteiger partial charge in [0.1, 0.15) is 6.29 Å². The summed E-state index contributed by atoms with van der Waals surface area (Å²) in [5.41, 5.74) is 1.78. The number of carbonyl (C=O) groups is 1. The molecule has 0 bridgehead atoms. The molecule has 0 amide bonds. The van der Waals surface area contributed by atoms with Gasteiger partial charge >= 0.3 is 0 Å². The molecule has 2 aromatic rings. The maximum atomic E-state index is 11.2. The van der Waals surface area contributed by atoms with E-state index in [2.05, 4.69) is 6.07 Å². The van der Waals surface area contributed by atoms with Gasteiger partial charge in [0.2, 0.25) is 0 Å². The van der Waals surface area contributed by atoms with E-state index in [1.807, 2.05) is 60.7 Å². The minimum Gasteiger partial charge on any atom is -0.303 e. The third kappa shape index (κ3) is 2.78. The molecule has 0 radical (unpaired) electrons. The Morgan fingerprint density at radius 1 is 0.950 bits per heavy atom. The average Bonchev–Trinajstić information content (AvgIpc) is 2.53. The van der Waals surface area contributed by atoms with E-state index in [0.717, 1.165) is 17.4 Å². The second-order valence-corrected chi connectivity index (χ2v) is 4.84. The Bertz CT molecular complexity index is 544. The molecule has 2 heteroatoms. The summed E-state index contributed by atoms with van der Waals surface area (Å²) in [6, 6.07) is 22.2. The van der Waals surface area contributed by atoms with E-state index in [1.54, 1.807) is 0 Å². The van der Waals surface area contributed by atoms with Gasteiger partial charge in [-0.25, -0.2) is 0 Å². The molecule has 0 aliphatic rings. The zero-order valence-corrected chi connectivity index (χ0v) is 11.3. The molecule has 100 valence electrons. The summed E-state index contributed by atoms with van der Waals surface area (Å²) in [4.78, 5) is 11.2. The predicted molar refractivity (Wildman–Crippen MR) is 79.2 cm³/mol. The van der Waals surface area contributed by atoms with Gasteiger partial charge in [-0.2, -0.15) is 5.26 Å². The number of nitriles is 1. The minimum atomic E-state index is -0.403. The van der Waals surface area contributed by atoms with Crippen LogP contribution in [0.4, 0.5) is 0 Å². The van der Waals surface area contributed by atoms with Crippen LogP contribution in [0.1, 0.15) is 30.4 Å². The van der Waals surface area contributed by atoms with Crippen molar-refractivity contribution in [2.75, 3.05) is 0 Å². The van der Waals surface area contributed by atoms with Crippen LogP contribution in [0.25, 0.3) is 0 Å². The summed E-state index contributed by atoms with van der Waals surface area (Å²) in [7, 11) is 0. The lowest BCUT2D eigenvalue weighted by Crippen LogP contribution is -2.28. The van der Waals surface area contributed by atoms with Crippen molar-refractivity contribution >= 4 is 6.29 Å². The van der Waals surface area contributed by atoms with Gasteiger partial charge in [-0.05, 0) is 17.5 Å². The topological polar surface area (TPSA) is 40.9 Å². The van der Waals surface area contributed by atoms with Crippen LogP contribution in [0, 0.1) is 11.3 Å². The molecule has 2 nitrogen and oxygen atoms in total. The summed E-state index contributed by atoms with van der Waals surface area (Å²) in [5.74, 6) is 0. The van der Waals surface area contributed by atoms with Gasteiger partial charge in [-0.15, -0.1) is 0 Å². The van der Waals surface area contributed by atoms with Crippen molar-refractivity contribution in [3.8, 4) is 6.07 Å². The van der Waals surface area contributed by atoms with E-state index in [4.69, 9.17) is 5.26 Å². The van der Waals surface area contributed by atoms with Crippen LogP contribution in [0.5, 0.6) is 0 Å². The molecular formula is C18H17NO. The summed E-state index contributed by atoms with van der Waals surface area (Å²) in [6.07, 6.45) is 2.42. The number of benzene rings is 2. The monoisotopic (exact) mass is 263 g/mol. The fraction of sp³-hybridized carbons (Fsp3) is 0.222. The third-order valence-corrected chi connectivity index (χ3v) is 3.75. The second-order valence-electron chi connectivity index (χ2n) is 4.84. The number of hydrogen-bond acceptors (Lipinski definition) is 2. The van der Waals surface area contributed by atoms with Crippen molar-refractivity contribution in [3.63, 3.8) is 0 Å². The summed E-state index contributed by atoms with van der Waals surface area (Å²) in [6.45, 7) is 0. The fourth-order valence-corrected chi connectivity index (χ4v) is 2.72. The summed E-state index contributed by atoms with van der Waals surface area (Å²) in [5, 5.41) is 8.95. The van der Waals surface area contributed by atoms with Gasteiger partial charge in [-0.1, -0.05) is 60.7 Å². The third-order valence-electron chi connectivity index (χ3n) is 3.75. The first-order valence-electron chi connectivity index (χ1n) is 6.75. The number of aldehydes is 1. The zero-order chi connectivity index (χ0) is 14.3. The quantitative estimate of drug-likeness (QED) is 0.742. The Balaban J connectivity index is 2.56. The van der Waals surface area contributed by atoms with E-state index in [0.29, 0.717) is 19.3 Å². The van der Waals surface area contributed by atoms with Crippen molar-refractivity contribution in [2.45, 2.75) is 24.7 Å². The molecule has 0 saturated carbocycles. The molecule has 20 heavy (non-hydrogen) atoms. The van der Waals surface area contributed by atoms with Gasteiger partial charge in [-0.3, -0.25) is 0 Å². The van der Waals surface area contributed by atoms with E-state index < -0.39 is 5.41 Å². The Morgan fingerprint density at radius 3 is 1.85 bits per heavy atom. The van der Waals surface area contributed by atoms with Gasteiger partial charge in [0.25, 0.3) is 0 Å². The second kappa shape index (κ2) is 6.68. The highest BCUT2D eigenvalue weighted by Gasteiger charge is 2.33. The summed E-state index contributed by atoms with van der Waals surface area (Å²) < 4.78 is 0. The normalized spacial score (nSPS) is 10.8. The molecule has 0 aliphatic carbocycles. The zero-order valence-electron chi connectivity index (χ0n) is 11.3. The van der Waals surface area contributed by atoms with Gasteiger partial charge in [0, 0.05) is 18.3 Å². The highest BCUT2D eigenvalue weighted by molar-refractivity contribution is 5.57. The fourth-order valence-electron chi connectivity index (χ4n) is 2.72. The van der Waals surface area contributed by atoms with Gasteiger partial charge in [0.05, 0.1) is 6.07 Å². The standard InChI is InChI=1S/C18H17NO/c19-14-7-12-18(13-15-20,16-8-3-1-4-9-16)17-10-5-2-6-11-17/h1-6,8-11,15H,7,12-13H2.